The lowest BCUT2D eigenvalue weighted by Gasteiger charge is -2.34. The van der Waals surface area contributed by atoms with Crippen LogP contribution in [-0.4, -0.2) is 88.5 Å². The Morgan fingerprint density at radius 2 is 1.77 bits per heavy atom. The van der Waals surface area contributed by atoms with Gasteiger partial charge in [-0.25, -0.2) is 4.39 Å². The smallest absolute Gasteiger partial charge is 0.270 e. The highest BCUT2D eigenvalue weighted by Crippen LogP contribution is 2.18. The molecular weight excluding hydrogens is 505 g/mol. The number of nitrogens with zero attached hydrogens (tertiary/aromatic N) is 4. The minimum atomic E-state index is -0.934. The number of likely N-dealkylation sites (N-methyl/N-ethyl adjacent to an activating group) is 1. The predicted octanol–water partition coefficient (Wildman–Crippen LogP) is 1.40. The largest absolute Gasteiger partial charge is 0.344 e. The van der Waals surface area contributed by atoms with Crippen molar-refractivity contribution in [2.45, 2.75) is 58.7 Å². The molecule has 0 radical (unpaired) electrons. The van der Waals surface area contributed by atoms with Crippen molar-refractivity contribution in [3.05, 3.63) is 47.5 Å². The molecule has 3 N–H and O–H groups in total. The quantitative estimate of drug-likeness (QED) is 0.393. The maximum absolute atomic E-state index is 15.0. The minimum absolute atomic E-state index is 0.0552. The van der Waals surface area contributed by atoms with Gasteiger partial charge in [0, 0.05) is 51.8 Å². The molecule has 2 atom stereocenters. The molecule has 1 fully saturated rings. The Kier molecular flexibility index (Phi) is 10.6. The van der Waals surface area contributed by atoms with E-state index in [-0.39, 0.29) is 30.3 Å². The van der Waals surface area contributed by atoms with Gasteiger partial charge < -0.3 is 25.8 Å². The van der Waals surface area contributed by atoms with Crippen molar-refractivity contribution in [2.24, 2.45) is 0 Å². The first-order valence-corrected chi connectivity index (χ1v) is 13.3. The van der Waals surface area contributed by atoms with Gasteiger partial charge in [0.25, 0.3) is 5.91 Å². The number of carbonyl (C=O) groups is 4. The molecule has 0 saturated carbocycles. The first kappa shape index (κ1) is 29.8. The number of hydrogen-bond donors (Lipinski definition) is 3. The summed E-state index contributed by atoms with van der Waals surface area (Å²) in [7, 11) is 1.99. The fourth-order valence-electron chi connectivity index (χ4n) is 4.26. The van der Waals surface area contributed by atoms with Crippen molar-refractivity contribution in [1.29, 1.82) is 0 Å². The third-order valence-electron chi connectivity index (χ3n) is 6.63. The van der Waals surface area contributed by atoms with Gasteiger partial charge in [-0.15, -0.1) is 0 Å². The molecule has 39 heavy (non-hydrogen) atoms. The number of carbonyl (C=O) groups excluding carboxylic acids is 4. The highest BCUT2D eigenvalue weighted by Gasteiger charge is 2.28. The Hall–Kier alpha value is -3.80. The maximum atomic E-state index is 15.0. The van der Waals surface area contributed by atoms with Gasteiger partial charge in [0.2, 0.25) is 17.7 Å². The van der Waals surface area contributed by atoms with E-state index in [1.807, 2.05) is 14.0 Å². The SMILES string of the molecule is CCCn1nccc1C(=O)N[C@@H](C)C(=O)Nc1ccc(C[C@@H](NC(=O)CC)C(=O)N2CCN(C)CC2)cc1F. The summed E-state index contributed by atoms with van der Waals surface area (Å²) in [6.07, 6.45) is 2.65. The molecule has 12 heteroatoms. The van der Waals surface area contributed by atoms with Crippen LogP contribution in [0.3, 0.4) is 0 Å². The van der Waals surface area contributed by atoms with Crippen LogP contribution in [0.2, 0.25) is 0 Å². The summed E-state index contributed by atoms with van der Waals surface area (Å²) in [6, 6.07) is 4.07. The first-order valence-electron chi connectivity index (χ1n) is 13.3. The number of amides is 4. The van der Waals surface area contributed by atoms with Gasteiger partial charge >= 0.3 is 0 Å². The van der Waals surface area contributed by atoms with E-state index >= 15 is 0 Å². The molecule has 2 aromatic rings. The van der Waals surface area contributed by atoms with Gasteiger partial charge in [-0.1, -0.05) is 19.9 Å². The monoisotopic (exact) mass is 543 g/mol. The zero-order valence-corrected chi connectivity index (χ0v) is 23.0. The van der Waals surface area contributed by atoms with E-state index in [1.54, 1.807) is 28.6 Å². The Morgan fingerprint density at radius 1 is 1.05 bits per heavy atom. The van der Waals surface area contributed by atoms with Crippen LogP contribution in [0.5, 0.6) is 0 Å². The summed E-state index contributed by atoms with van der Waals surface area (Å²) in [5, 5.41) is 12.0. The van der Waals surface area contributed by atoms with Gasteiger partial charge in [-0.3, -0.25) is 23.9 Å². The number of piperazine rings is 1. The average molecular weight is 544 g/mol. The molecule has 0 bridgehead atoms. The van der Waals surface area contributed by atoms with Crippen LogP contribution in [-0.2, 0) is 27.3 Å². The number of aryl methyl sites for hydroxylation is 1. The van der Waals surface area contributed by atoms with Crippen molar-refractivity contribution >= 4 is 29.3 Å². The minimum Gasteiger partial charge on any atom is -0.344 e. The maximum Gasteiger partial charge on any atom is 0.270 e. The fourth-order valence-corrected chi connectivity index (χ4v) is 4.26. The second kappa shape index (κ2) is 13.8. The van der Waals surface area contributed by atoms with E-state index in [0.29, 0.717) is 30.9 Å². The lowest BCUT2D eigenvalue weighted by atomic mass is 10.0. The van der Waals surface area contributed by atoms with E-state index in [1.165, 1.54) is 25.3 Å². The van der Waals surface area contributed by atoms with Crippen LogP contribution in [0.1, 0.15) is 49.7 Å². The Bertz CT molecular complexity index is 1180. The Morgan fingerprint density at radius 3 is 2.41 bits per heavy atom. The molecule has 11 nitrogen and oxygen atoms in total. The summed E-state index contributed by atoms with van der Waals surface area (Å²) >= 11 is 0. The number of hydrogen-bond acceptors (Lipinski definition) is 6. The van der Waals surface area contributed by atoms with Gasteiger partial charge in [-0.05, 0) is 44.2 Å². The number of rotatable bonds is 11. The van der Waals surface area contributed by atoms with E-state index < -0.39 is 29.7 Å². The summed E-state index contributed by atoms with van der Waals surface area (Å²) < 4.78 is 16.5. The zero-order chi connectivity index (χ0) is 28.5. The molecule has 2 heterocycles. The number of nitrogens with one attached hydrogen (secondary N) is 3. The first-order chi connectivity index (χ1) is 18.6. The van der Waals surface area contributed by atoms with Crippen molar-refractivity contribution in [3.8, 4) is 0 Å². The topological polar surface area (TPSA) is 129 Å². The second-order valence-electron chi connectivity index (χ2n) is 9.74. The van der Waals surface area contributed by atoms with Crippen LogP contribution in [0.4, 0.5) is 10.1 Å². The van der Waals surface area contributed by atoms with Crippen LogP contribution < -0.4 is 16.0 Å². The Balaban J connectivity index is 1.64. The molecule has 1 aromatic carbocycles. The molecule has 3 rings (SSSR count). The van der Waals surface area contributed by atoms with E-state index in [4.69, 9.17) is 0 Å². The van der Waals surface area contributed by atoms with E-state index in [9.17, 15) is 23.6 Å². The van der Waals surface area contributed by atoms with E-state index in [2.05, 4.69) is 25.9 Å². The van der Waals surface area contributed by atoms with Crippen LogP contribution >= 0.6 is 0 Å². The molecule has 1 saturated heterocycles. The predicted molar refractivity (Wildman–Crippen MR) is 144 cm³/mol. The van der Waals surface area contributed by atoms with Gasteiger partial charge in [0.05, 0.1) is 5.69 Å². The third kappa shape index (κ3) is 8.09. The third-order valence-corrected chi connectivity index (χ3v) is 6.63. The molecule has 4 amide bonds. The van der Waals surface area contributed by atoms with Crippen LogP contribution in [0, 0.1) is 5.82 Å². The van der Waals surface area contributed by atoms with Crippen molar-refractivity contribution in [2.75, 3.05) is 38.5 Å². The standard InChI is InChI=1S/C27H38FN7O4/c1-5-11-35-23(9-10-29-35)26(38)30-18(3)25(37)32-21-8-7-19(16-20(21)28)17-22(31-24(36)6-2)27(39)34-14-12-33(4)13-15-34/h7-10,16,18,22H,5-6,11-15,17H2,1-4H3,(H,30,38)(H,31,36)(H,32,37)/t18-,22+/m0/s1. The van der Waals surface area contributed by atoms with Crippen LogP contribution in [0.15, 0.2) is 30.5 Å². The van der Waals surface area contributed by atoms with Gasteiger partial charge in [0.1, 0.15) is 23.6 Å². The molecule has 1 aliphatic rings. The highest BCUT2D eigenvalue weighted by atomic mass is 19.1. The lowest BCUT2D eigenvalue weighted by Crippen LogP contribution is -2.54. The number of anilines is 1. The molecular formula is C27H38FN7O4. The number of halogens is 1. The van der Waals surface area contributed by atoms with Gasteiger partial charge in [0.15, 0.2) is 0 Å². The average Bonchev–Trinajstić information content (AvgIpc) is 3.38. The Labute approximate surface area is 228 Å². The molecule has 212 valence electrons. The number of benzene rings is 1. The van der Waals surface area contributed by atoms with Gasteiger partial charge in [-0.2, -0.15) is 5.10 Å². The second-order valence-corrected chi connectivity index (χ2v) is 9.74. The van der Waals surface area contributed by atoms with Crippen LogP contribution in [0.25, 0.3) is 0 Å². The summed E-state index contributed by atoms with van der Waals surface area (Å²) in [4.78, 5) is 54.4. The normalized spacial score (nSPS) is 15.4. The van der Waals surface area contributed by atoms with Crippen molar-refractivity contribution in [3.63, 3.8) is 0 Å². The number of aromatic nitrogens is 2. The fraction of sp³-hybridized carbons (Fsp3) is 0.519. The highest BCUT2D eigenvalue weighted by molar-refractivity contribution is 6.00. The van der Waals surface area contributed by atoms with E-state index in [0.717, 1.165) is 19.5 Å². The zero-order valence-electron chi connectivity index (χ0n) is 23.0. The molecule has 0 unspecified atom stereocenters. The molecule has 0 aliphatic carbocycles. The summed E-state index contributed by atoms with van der Waals surface area (Å²) in [6.45, 7) is 8.34. The van der Waals surface area contributed by atoms with Crippen molar-refractivity contribution in [1.82, 2.24) is 30.2 Å². The molecule has 1 aliphatic heterocycles. The summed E-state index contributed by atoms with van der Waals surface area (Å²) in [5.41, 5.74) is 0.781. The molecule has 0 spiro atoms. The van der Waals surface area contributed by atoms with Crippen molar-refractivity contribution < 1.29 is 23.6 Å². The molecule has 1 aromatic heterocycles. The summed E-state index contributed by atoms with van der Waals surface area (Å²) in [5.74, 6) is -2.19. The lowest BCUT2D eigenvalue weighted by molar-refractivity contribution is -0.137.